The van der Waals surface area contributed by atoms with E-state index in [-0.39, 0.29) is 24.9 Å². The first-order valence-corrected chi connectivity index (χ1v) is 13.7. The molecule has 0 bridgehead atoms. The van der Waals surface area contributed by atoms with Gasteiger partial charge in [0.2, 0.25) is 0 Å². The quantitative estimate of drug-likeness (QED) is 0.406. The Morgan fingerprint density at radius 1 is 0.895 bits per heavy atom. The Morgan fingerprint density at radius 2 is 1.47 bits per heavy atom. The average Bonchev–Trinajstić information content (AvgIpc) is 3.34. The van der Waals surface area contributed by atoms with Crippen LogP contribution < -0.4 is 10.1 Å². The van der Waals surface area contributed by atoms with Crippen molar-refractivity contribution >= 4 is 11.8 Å². The van der Waals surface area contributed by atoms with E-state index < -0.39 is 6.09 Å². The molecule has 1 saturated carbocycles. The van der Waals surface area contributed by atoms with Crippen LogP contribution in [-0.4, -0.2) is 52.1 Å². The fraction of sp³-hybridized carbons (Fsp3) is 0.467. The second-order valence-corrected chi connectivity index (χ2v) is 10.5. The second kappa shape index (κ2) is 12.5. The molecular formula is C30H38N4O4. The lowest BCUT2D eigenvalue weighted by Crippen LogP contribution is -2.51. The summed E-state index contributed by atoms with van der Waals surface area (Å²) in [5.41, 5.74) is 2.49. The van der Waals surface area contributed by atoms with Crippen LogP contribution in [0.2, 0.25) is 0 Å². The van der Waals surface area contributed by atoms with Gasteiger partial charge in [-0.3, -0.25) is 14.9 Å². The van der Waals surface area contributed by atoms with Gasteiger partial charge in [-0.2, -0.15) is 0 Å². The minimum absolute atomic E-state index is 0.198. The van der Waals surface area contributed by atoms with Crippen molar-refractivity contribution < 1.29 is 19.0 Å². The molecule has 0 spiro atoms. The predicted octanol–water partition coefficient (Wildman–Crippen LogP) is 5.80. The third-order valence-corrected chi connectivity index (χ3v) is 7.37. The van der Waals surface area contributed by atoms with Gasteiger partial charge in [-0.25, -0.2) is 4.79 Å². The van der Waals surface area contributed by atoms with Crippen molar-refractivity contribution in [1.82, 2.24) is 14.7 Å². The van der Waals surface area contributed by atoms with E-state index >= 15 is 0 Å². The summed E-state index contributed by atoms with van der Waals surface area (Å²) in [6.45, 7) is 6.88. The highest BCUT2D eigenvalue weighted by atomic mass is 16.5. The van der Waals surface area contributed by atoms with E-state index in [9.17, 15) is 4.79 Å². The van der Waals surface area contributed by atoms with Crippen molar-refractivity contribution in [3.63, 3.8) is 0 Å². The largest absolute Gasteiger partial charge is 0.470 e. The number of amides is 1. The average molecular weight is 519 g/mol. The van der Waals surface area contributed by atoms with Crippen molar-refractivity contribution in [3.05, 3.63) is 78.0 Å². The first-order chi connectivity index (χ1) is 18.5. The van der Waals surface area contributed by atoms with E-state index in [4.69, 9.17) is 19.3 Å². The topological polar surface area (TPSA) is 77.9 Å². The second-order valence-electron chi connectivity index (χ2n) is 10.5. The highest BCUT2D eigenvalue weighted by Gasteiger charge is 2.32. The first kappa shape index (κ1) is 26.3. The standard InChI is InChI=1S/C30H38N4O4/c1-22-17-33(18-23(2)38-22)26-13-15-27(16-14-26)34-19-28(29(32-34)36-20-24-9-5-3-6-10-24)31-30(35)37-21-25-11-7-4-8-12-25/h3-12,19,22-23,26-27H,13-18,20-21H2,1-2H3,(H,31,35)/t22-,23+,26-,27-. The molecular weight excluding hydrogens is 480 g/mol. The molecule has 1 saturated heterocycles. The summed E-state index contributed by atoms with van der Waals surface area (Å²) in [6, 6.07) is 20.4. The van der Waals surface area contributed by atoms with E-state index in [1.54, 1.807) is 0 Å². The number of hydrogen-bond acceptors (Lipinski definition) is 6. The zero-order chi connectivity index (χ0) is 26.3. The van der Waals surface area contributed by atoms with Gasteiger partial charge in [0.1, 0.15) is 18.9 Å². The molecule has 2 fully saturated rings. The van der Waals surface area contributed by atoms with Crippen molar-refractivity contribution in [3.8, 4) is 5.88 Å². The Labute approximate surface area is 224 Å². The Hall–Kier alpha value is -3.36. The predicted molar refractivity (Wildman–Crippen MR) is 146 cm³/mol. The van der Waals surface area contributed by atoms with Gasteiger partial charge in [-0.1, -0.05) is 60.7 Å². The molecule has 2 aromatic carbocycles. The van der Waals surface area contributed by atoms with Crippen LogP contribution in [0.25, 0.3) is 0 Å². The molecule has 8 nitrogen and oxygen atoms in total. The molecule has 1 aliphatic heterocycles. The zero-order valence-electron chi connectivity index (χ0n) is 22.3. The Bertz CT molecular complexity index is 1150. The Morgan fingerprint density at radius 3 is 2.11 bits per heavy atom. The molecule has 38 heavy (non-hydrogen) atoms. The fourth-order valence-electron chi connectivity index (χ4n) is 5.55. The van der Waals surface area contributed by atoms with Crippen molar-refractivity contribution in [2.24, 2.45) is 0 Å². The maximum atomic E-state index is 12.6. The molecule has 1 N–H and O–H groups in total. The van der Waals surface area contributed by atoms with Gasteiger partial charge in [0.25, 0.3) is 5.88 Å². The van der Waals surface area contributed by atoms with Gasteiger partial charge in [0.15, 0.2) is 0 Å². The van der Waals surface area contributed by atoms with Crippen LogP contribution in [0.3, 0.4) is 0 Å². The smallest absolute Gasteiger partial charge is 0.412 e. The van der Waals surface area contributed by atoms with Crippen LogP contribution in [-0.2, 0) is 22.7 Å². The number of ether oxygens (including phenoxy) is 3. The summed E-state index contributed by atoms with van der Waals surface area (Å²) in [5, 5.41) is 7.63. The molecule has 2 heterocycles. The van der Waals surface area contributed by atoms with Crippen LogP contribution >= 0.6 is 0 Å². The van der Waals surface area contributed by atoms with Gasteiger partial charge in [0.05, 0.1) is 24.4 Å². The molecule has 8 heteroatoms. The molecule has 1 amide bonds. The molecule has 2 atom stereocenters. The summed E-state index contributed by atoms with van der Waals surface area (Å²) < 4.78 is 19.4. The lowest BCUT2D eigenvalue weighted by Gasteiger charge is -2.42. The lowest BCUT2D eigenvalue weighted by atomic mass is 9.89. The zero-order valence-corrected chi connectivity index (χ0v) is 22.3. The van der Waals surface area contributed by atoms with Gasteiger partial charge >= 0.3 is 6.09 Å². The SMILES string of the molecule is C[C@@H]1CN([C@H]2CC[C@H](n3cc(NC(=O)OCc4ccccc4)c(OCc4ccccc4)n3)CC2)C[C@H](C)O1. The van der Waals surface area contributed by atoms with E-state index in [2.05, 4.69) is 24.1 Å². The van der Waals surface area contributed by atoms with Crippen molar-refractivity contribution in [2.45, 2.75) is 77.0 Å². The number of nitrogens with one attached hydrogen (secondary N) is 1. The molecule has 202 valence electrons. The summed E-state index contributed by atoms with van der Waals surface area (Å²) >= 11 is 0. The third kappa shape index (κ3) is 6.94. The van der Waals surface area contributed by atoms with Crippen molar-refractivity contribution in [2.75, 3.05) is 18.4 Å². The molecule has 0 unspecified atom stereocenters. The highest BCUT2D eigenvalue weighted by Crippen LogP contribution is 2.35. The lowest BCUT2D eigenvalue weighted by molar-refractivity contribution is -0.0852. The summed E-state index contributed by atoms with van der Waals surface area (Å²) in [4.78, 5) is 15.2. The number of anilines is 1. The maximum Gasteiger partial charge on any atom is 0.412 e. The minimum atomic E-state index is -0.530. The number of aromatic nitrogens is 2. The molecule has 1 aromatic heterocycles. The maximum absolute atomic E-state index is 12.6. The van der Waals surface area contributed by atoms with Crippen LogP contribution in [0.4, 0.5) is 10.5 Å². The van der Waals surface area contributed by atoms with E-state index in [1.165, 1.54) is 0 Å². The molecule has 0 radical (unpaired) electrons. The number of nitrogens with zero attached hydrogens (tertiary/aromatic N) is 3. The fourth-order valence-corrected chi connectivity index (χ4v) is 5.55. The number of rotatable bonds is 8. The van der Waals surface area contributed by atoms with E-state index in [0.717, 1.165) is 49.9 Å². The molecule has 3 aromatic rings. The number of morpholine rings is 1. The third-order valence-electron chi connectivity index (χ3n) is 7.37. The van der Waals surface area contributed by atoms with Gasteiger partial charge in [-0.15, -0.1) is 5.10 Å². The monoisotopic (exact) mass is 518 g/mol. The molecule has 1 aliphatic carbocycles. The Balaban J connectivity index is 1.23. The van der Waals surface area contributed by atoms with Gasteiger partial charge in [0, 0.05) is 19.1 Å². The van der Waals surface area contributed by atoms with Crippen molar-refractivity contribution in [1.29, 1.82) is 0 Å². The number of carbonyl (C=O) groups is 1. The summed E-state index contributed by atoms with van der Waals surface area (Å²) in [5.74, 6) is 0.406. The van der Waals surface area contributed by atoms with Crippen LogP contribution in [0.1, 0.15) is 56.7 Å². The molecule has 2 aliphatic rings. The van der Waals surface area contributed by atoms with Crippen LogP contribution in [0.5, 0.6) is 5.88 Å². The van der Waals surface area contributed by atoms with E-state index in [1.807, 2.05) is 71.5 Å². The molecule has 5 rings (SSSR count). The number of benzene rings is 2. The number of carbonyl (C=O) groups excluding carboxylic acids is 1. The van der Waals surface area contributed by atoms with Gasteiger partial charge in [-0.05, 0) is 50.7 Å². The van der Waals surface area contributed by atoms with Gasteiger partial charge < -0.3 is 14.2 Å². The Kier molecular flexibility index (Phi) is 8.61. The van der Waals surface area contributed by atoms with Crippen LogP contribution in [0.15, 0.2) is 66.9 Å². The number of hydrogen-bond donors (Lipinski definition) is 1. The summed E-state index contributed by atoms with van der Waals surface area (Å²) in [7, 11) is 0. The highest BCUT2D eigenvalue weighted by molar-refractivity contribution is 5.86. The van der Waals surface area contributed by atoms with E-state index in [0.29, 0.717) is 24.2 Å². The van der Waals surface area contributed by atoms with Crippen LogP contribution in [0, 0.1) is 0 Å². The summed E-state index contributed by atoms with van der Waals surface area (Å²) in [6.07, 6.45) is 6.21. The normalized spacial score (nSPS) is 24.1. The minimum Gasteiger partial charge on any atom is -0.470 e. The first-order valence-electron chi connectivity index (χ1n) is 13.7.